The number of benzene rings is 2. The zero-order valence-electron chi connectivity index (χ0n) is 14.8. The van der Waals surface area contributed by atoms with Crippen molar-refractivity contribution in [3.05, 3.63) is 41.5 Å². The first-order valence-electron chi connectivity index (χ1n) is 7.56. The lowest BCUT2D eigenvalue weighted by molar-refractivity contribution is -0.0511. The number of ether oxygens (including phenoxy) is 4. The molecule has 0 aromatic heterocycles. The first kappa shape index (κ1) is 19.3. The molecule has 0 spiro atoms. The summed E-state index contributed by atoms with van der Waals surface area (Å²) < 4.78 is 44.9. The van der Waals surface area contributed by atoms with Crippen molar-refractivity contribution in [2.75, 3.05) is 26.6 Å². The standard InChI is InChI=1S/C18H19F2NO5/c1-10-14(24-3)7-11(8-15(10)25-4)17(22)21-12-5-6-13(23-2)16(9-12)26-18(19)20/h5-9,18H,1-4H3,(H,21,22). The molecule has 0 radical (unpaired) electrons. The summed E-state index contributed by atoms with van der Waals surface area (Å²) in [6.07, 6.45) is 0. The quantitative estimate of drug-likeness (QED) is 0.805. The van der Waals surface area contributed by atoms with Crippen molar-refractivity contribution < 1.29 is 32.5 Å². The maximum Gasteiger partial charge on any atom is 0.387 e. The van der Waals surface area contributed by atoms with Crippen molar-refractivity contribution in [3.8, 4) is 23.0 Å². The highest BCUT2D eigenvalue weighted by atomic mass is 19.3. The van der Waals surface area contributed by atoms with E-state index in [0.717, 1.165) is 5.56 Å². The first-order valence-corrected chi connectivity index (χ1v) is 7.56. The molecule has 0 saturated heterocycles. The lowest BCUT2D eigenvalue weighted by atomic mass is 10.1. The van der Waals surface area contributed by atoms with Gasteiger partial charge in [0.2, 0.25) is 0 Å². The van der Waals surface area contributed by atoms with E-state index >= 15 is 0 Å². The van der Waals surface area contributed by atoms with E-state index in [4.69, 9.17) is 14.2 Å². The van der Waals surface area contributed by atoms with E-state index in [2.05, 4.69) is 10.1 Å². The third kappa shape index (κ3) is 4.33. The Balaban J connectivity index is 2.30. The summed E-state index contributed by atoms with van der Waals surface area (Å²) in [6.45, 7) is -1.21. The Labute approximate surface area is 149 Å². The molecule has 0 unspecified atom stereocenters. The number of amides is 1. The van der Waals surface area contributed by atoms with E-state index < -0.39 is 12.5 Å². The Morgan fingerprint density at radius 2 is 1.50 bits per heavy atom. The van der Waals surface area contributed by atoms with Crippen LogP contribution in [0.1, 0.15) is 15.9 Å². The second-order valence-corrected chi connectivity index (χ2v) is 5.20. The van der Waals surface area contributed by atoms with Crippen LogP contribution in [0, 0.1) is 6.92 Å². The van der Waals surface area contributed by atoms with E-state index in [0.29, 0.717) is 11.5 Å². The Morgan fingerprint density at radius 3 is 2.00 bits per heavy atom. The van der Waals surface area contributed by atoms with Gasteiger partial charge < -0.3 is 24.3 Å². The summed E-state index contributed by atoms with van der Waals surface area (Å²) in [7, 11) is 4.30. The van der Waals surface area contributed by atoms with E-state index in [-0.39, 0.29) is 22.7 Å². The lowest BCUT2D eigenvalue weighted by Crippen LogP contribution is -2.13. The van der Waals surface area contributed by atoms with E-state index in [1.165, 1.54) is 39.5 Å². The summed E-state index contributed by atoms with van der Waals surface area (Å²) in [6, 6.07) is 7.31. The molecule has 2 aromatic carbocycles. The van der Waals surface area contributed by atoms with Gasteiger partial charge in [-0.15, -0.1) is 0 Å². The predicted molar refractivity (Wildman–Crippen MR) is 91.9 cm³/mol. The summed E-state index contributed by atoms with van der Waals surface area (Å²) in [5.41, 5.74) is 1.31. The second kappa shape index (κ2) is 8.37. The Bertz CT molecular complexity index is 770. The van der Waals surface area contributed by atoms with Crippen LogP contribution in [-0.4, -0.2) is 33.8 Å². The number of carbonyl (C=O) groups is 1. The van der Waals surface area contributed by atoms with Crippen molar-refractivity contribution >= 4 is 11.6 Å². The third-order valence-electron chi connectivity index (χ3n) is 3.65. The van der Waals surface area contributed by atoms with Gasteiger partial charge in [0.25, 0.3) is 5.91 Å². The molecule has 26 heavy (non-hydrogen) atoms. The molecule has 0 fully saturated rings. The Morgan fingerprint density at radius 1 is 0.923 bits per heavy atom. The molecule has 0 bridgehead atoms. The van der Waals surface area contributed by atoms with Crippen molar-refractivity contribution in [3.63, 3.8) is 0 Å². The number of alkyl halides is 2. The molecule has 0 atom stereocenters. The normalized spacial score (nSPS) is 10.4. The van der Waals surface area contributed by atoms with Crippen LogP contribution in [0.15, 0.2) is 30.3 Å². The molecule has 1 amide bonds. The van der Waals surface area contributed by atoms with Gasteiger partial charge >= 0.3 is 6.61 Å². The van der Waals surface area contributed by atoms with E-state index in [9.17, 15) is 13.6 Å². The molecule has 0 aliphatic heterocycles. The monoisotopic (exact) mass is 367 g/mol. The smallest absolute Gasteiger partial charge is 0.387 e. The number of hydrogen-bond acceptors (Lipinski definition) is 5. The number of rotatable bonds is 7. The van der Waals surface area contributed by atoms with Gasteiger partial charge in [-0.2, -0.15) is 8.78 Å². The van der Waals surface area contributed by atoms with Gasteiger partial charge in [0.05, 0.1) is 21.3 Å². The fourth-order valence-electron chi connectivity index (χ4n) is 2.36. The van der Waals surface area contributed by atoms with Crippen LogP contribution < -0.4 is 24.3 Å². The minimum absolute atomic E-state index is 0.127. The molecule has 2 rings (SSSR count). The Kier molecular flexibility index (Phi) is 6.21. The molecular formula is C18H19F2NO5. The third-order valence-corrected chi connectivity index (χ3v) is 3.65. The largest absolute Gasteiger partial charge is 0.496 e. The van der Waals surface area contributed by atoms with Crippen molar-refractivity contribution in [1.82, 2.24) is 0 Å². The molecule has 0 heterocycles. The summed E-state index contributed by atoms with van der Waals surface area (Å²) in [5.74, 6) is 0.466. The van der Waals surface area contributed by atoms with Crippen LogP contribution >= 0.6 is 0 Å². The first-order chi connectivity index (χ1) is 12.4. The van der Waals surface area contributed by atoms with Crippen molar-refractivity contribution in [2.24, 2.45) is 0 Å². The SMILES string of the molecule is COc1ccc(NC(=O)c2cc(OC)c(C)c(OC)c2)cc1OC(F)F. The zero-order chi connectivity index (χ0) is 19.3. The minimum atomic E-state index is -3.01. The molecule has 2 aromatic rings. The highest BCUT2D eigenvalue weighted by Crippen LogP contribution is 2.33. The molecule has 6 nitrogen and oxygen atoms in total. The van der Waals surface area contributed by atoms with Crippen LogP contribution in [0.3, 0.4) is 0 Å². The number of anilines is 1. The van der Waals surface area contributed by atoms with Crippen LogP contribution in [-0.2, 0) is 0 Å². The molecule has 0 saturated carbocycles. The summed E-state index contributed by atoms with van der Waals surface area (Å²) >= 11 is 0. The van der Waals surface area contributed by atoms with Gasteiger partial charge in [-0.05, 0) is 31.2 Å². The molecule has 0 aliphatic rings. The van der Waals surface area contributed by atoms with Gasteiger partial charge in [-0.1, -0.05) is 0 Å². The van der Waals surface area contributed by atoms with Gasteiger partial charge in [0.15, 0.2) is 11.5 Å². The van der Waals surface area contributed by atoms with E-state index in [1.807, 2.05) is 0 Å². The van der Waals surface area contributed by atoms with Gasteiger partial charge in [0, 0.05) is 22.9 Å². The zero-order valence-corrected chi connectivity index (χ0v) is 14.8. The number of carbonyl (C=O) groups excluding carboxylic acids is 1. The summed E-state index contributed by atoms with van der Waals surface area (Å²) in [5, 5.41) is 2.61. The van der Waals surface area contributed by atoms with Crippen LogP contribution in [0.25, 0.3) is 0 Å². The minimum Gasteiger partial charge on any atom is -0.496 e. The Hall–Kier alpha value is -3.03. The highest BCUT2D eigenvalue weighted by molar-refractivity contribution is 6.05. The topological polar surface area (TPSA) is 66.0 Å². The highest BCUT2D eigenvalue weighted by Gasteiger charge is 2.16. The van der Waals surface area contributed by atoms with Crippen LogP contribution in [0.2, 0.25) is 0 Å². The van der Waals surface area contributed by atoms with Crippen LogP contribution in [0.4, 0.5) is 14.5 Å². The molecule has 140 valence electrons. The number of methoxy groups -OCH3 is 3. The maximum atomic E-state index is 12.5. The van der Waals surface area contributed by atoms with Crippen molar-refractivity contribution in [2.45, 2.75) is 13.5 Å². The van der Waals surface area contributed by atoms with E-state index in [1.54, 1.807) is 19.1 Å². The van der Waals surface area contributed by atoms with Crippen LogP contribution in [0.5, 0.6) is 23.0 Å². The average molecular weight is 367 g/mol. The number of halogens is 2. The fourth-order valence-corrected chi connectivity index (χ4v) is 2.36. The molecule has 0 aliphatic carbocycles. The number of nitrogens with one attached hydrogen (secondary N) is 1. The fraction of sp³-hybridized carbons (Fsp3) is 0.278. The second-order valence-electron chi connectivity index (χ2n) is 5.20. The van der Waals surface area contributed by atoms with Gasteiger partial charge in [-0.3, -0.25) is 4.79 Å². The average Bonchev–Trinajstić information content (AvgIpc) is 2.61. The molecular weight excluding hydrogens is 348 g/mol. The summed E-state index contributed by atoms with van der Waals surface area (Å²) in [4.78, 5) is 12.5. The number of hydrogen-bond donors (Lipinski definition) is 1. The van der Waals surface area contributed by atoms with Gasteiger partial charge in [0.1, 0.15) is 11.5 Å². The lowest BCUT2D eigenvalue weighted by Gasteiger charge is -2.14. The molecule has 1 N–H and O–H groups in total. The molecule has 8 heteroatoms. The van der Waals surface area contributed by atoms with Crippen molar-refractivity contribution in [1.29, 1.82) is 0 Å². The maximum absolute atomic E-state index is 12.5. The van der Waals surface area contributed by atoms with Gasteiger partial charge in [-0.25, -0.2) is 0 Å². The predicted octanol–water partition coefficient (Wildman–Crippen LogP) is 3.87.